The van der Waals surface area contributed by atoms with Gasteiger partial charge in [-0.25, -0.2) is 9.97 Å². The van der Waals surface area contributed by atoms with E-state index in [2.05, 4.69) is 15.3 Å². The van der Waals surface area contributed by atoms with E-state index in [1.807, 2.05) is 60.7 Å². The van der Waals surface area contributed by atoms with Crippen LogP contribution in [0.25, 0.3) is 22.3 Å². The number of rotatable bonds is 6. The molecule has 0 bridgehead atoms. The standard InChI is InChI=1S/C27H22N6O/c1-33(27(34)21-12-16-29-17-13-21)22-8-6-19(7-9-22)18-30-26-23-4-2-3-5-24(23)31-25(32-26)20-10-14-28-15-11-20/h2-17H,18H2,1H3,(H,30,31,32). The first kappa shape index (κ1) is 21.2. The maximum Gasteiger partial charge on any atom is 0.258 e. The first-order valence-corrected chi connectivity index (χ1v) is 10.9. The van der Waals surface area contributed by atoms with Gasteiger partial charge in [-0.3, -0.25) is 14.8 Å². The van der Waals surface area contributed by atoms with Crippen LogP contribution in [0.3, 0.4) is 0 Å². The number of benzene rings is 2. The van der Waals surface area contributed by atoms with Gasteiger partial charge in [0.25, 0.3) is 5.91 Å². The van der Waals surface area contributed by atoms with Crippen molar-refractivity contribution in [1.82, 2.24) is 19.9 Å². The zero-order valence-corrected chi connectivity index (χ0v) is 18.6. The third kappa shape index (κ3) is 4.45. The quantitative estimate of drug-likeness (QED) is 0.396. The number of carbonyl (C=O) groups is 1. The van der Waals surface area contributed by atoms with E-state index in [0.717, 1.165) is 33.5 Å². The van der Waals surface area contributed by atoms with Gasteiger partial charge in [0.1, 0.15) is 5.82 Å². The van der Waals surface area contributed by atoms with Crippen molar-refractivity contribution >= 4 is 28.3 Å². The number of hydrogen-bond donors (Lipinski definition) is 1. The van der Waals surface area contributed by atoms with Crippen LogP contribution in [0.4, 0.5) is 11.5 Å². The van der Waals surface area contributed by atoms with Crippen LogP contribution in [-0.4, -0.2) is 32.9 Å². The van der Waals surface area contributed by atoms with Crippen molar-refractivity contribution < 1.29 is 4.79 Å². The number of pyridine rings is 2. The second-order valence-corrected chi connectivity index (χ2v) is 7.77. The fraction of sp³-hybridized carbons (Fsp3) is 0.0741. The molecule has 1 N–H and O–H groups in total. The Balaban J connectivity index is 1.35. The van der Waals surface area contributed by atoms with Crippen LogP contribution in [0.5, 0.6) is 0 Å². The molecular weight excluding hydrogens is 424 g/mol. The highest BCUT2D eigenvalue weighted by molar-refractivity contribution is 6.05. The molecule has 0 aliphatic rings. The Kier molecular flexibility index (Phi) is 5.90. The second-order valence-electron chi connectivity index (χ2n) is 7.77. The largest absolute Gasteiger partial charge is 0.365 e. The Labute approximate surface area is 197 Å². The Morgan fingerprint density at radius 1 is 0.824 bits per heavy atom. The molecule has 0 radical (unpaired) electrons. The van der Waals surface area contributed by atoms with Gasteiger partial charge in [-0.2, -0.15) is 0 Å². The van der Waals surface area contributed by atoms with Crippen molar-refractivity contribution in [1.29, 1.82) is 0 Å². The summed E-state index contributed by atoms with van der Waals surface area (Å²) in [6.45, 7) is 0.582. The molecule has 0 aliphatic carbocycles. The van der Waals surface area contributed by atoms with Crippen LogP contribution in [-0.2, 0) is 6.54 Å². The van der Waals surface area contributed by atoms with Gasteiger partial charge in [-0.05, 0) is 54.1 Å². The smallest absolute Gasteiger partial charge is 0.258 e. The number of aromatic nitrogens is 4. The van der Waals surface area contributed by atoms with Crippen LogP contribution >= 0.6 is 0 Å². The first-order valence-electron chi connectivity index (χ1n) is 10.9. The predicted molar refractivity (Wildman–Crippen MR) is 134 cm³/mol. The molecule has 7 nitrogen and oxygen atoms in total. The van der Waals surface area contributed by atoms with Crippen molar-refractivity contribution in [3.8, 4) is 11.4 Å². The molecule has 3 heterocycles. The molecule has 3 aromatic heterocycles. The van der Waals surface area contributed by atoms with Crippen molar-refractivity contribution in [2.75, 3.05) is 17.3 Å². The molecule has 2 aromatic carbocycles. The Hall–Kier alpha value is -4.65. The zero-order valence-electron chi connectivity index (χ0n) is 18.6. The van der Waals surface area contributed by atoms with Crippen LogP contribution in [0.2, 0.25) is 0 Å². The predicted octanol–water partition coefficient (Wildman–Crippen LogP) is 4.98. The van der Waals surface area contributed by atoms with Crippen LogP contribution in [0, 0.1) is 0 Å². The molecule has 0 atom stereocenters. The second kappa shape index (κ2) is 9.46. The van der Waals surface area contributed by atoms with Gasteiger partial charge in [-0.15, -0.1) is 0 Å². The van der Waals surface area contributed by atoms with Crippen molar-refractivity contribution in [2.45, 2.75) is 6.54 Å². The summed E-state index contributed by atoms with van der Waals surface area (Å²) in [7, 11) is 1.77. The van der Waals surface area contributed by atoms with E-state index in [-0.39, 0.29) is 5.91 Å². The number of anilines is 2. The summed E-state index contributed by atoms with van der Waals surface area (Å²) in [5, 5.41) is 4.42. The van der Waals surface area contributed by atoms with E-state index < -0.39 is 0 Å². The molecule has 166 valence electrons. The monoisotopic (exact) mass is 446 g/mol. The van der Waals surface area contributed by atoms with Crippen LogP contribution in [0.1, 0.15) is 15.9 Å². The Morgan fingerprint density at radius 3 is 2.24 bits per heavy atom. The fourth-order valence-corrected chi connectivity index (χ4v) is 3.67. The third-order valence-corrected chi connectivity index (χ3v) is 5.56. The van der Waals surface area contributed by atoms with Gasteiger partial charge in [0.2, 0.25) is 0 Å². The highest BCUT2D eigenvalue weighted by Crippen LogP contribution is 2.25. The number of hydrogen-bond acceptors (Lipinski definition) is 6. The van der Waals surface area contributed by atoms with Crippen molar-refractivity contribution in [3.63, 3.8) is 0 Å². The van der Waals surface area contributed by atoms with Crippen LogP contribution in [0.15, 0.2) is 97.6 Å². The molecule has 0 saturated carbocycles. The first-order chi connectivity index (χ1) is 16.7. The van der Waals surface area contributed by atoms with Gasteiger partial charge >= 0.3 is 0 Å². The summed E-state index contributed by atoms with van der Waals surface area (Å²) in [5.41, 5.74) is 4.28. The highest BCUT2D eigenvalue weighted by atomic mass is 16.2. The minimum Gasteiger partial charge on any atom is -0.365 e. The lowest BCUT2D eigenvalue weighted by Crippen LogP contribution is -2.26. The molecule has 5 aromatic rings. The Morgan fingerprint density at radius 2 is 1.50 bits per heavy atom. The normalized spacial score (nSPS) is 10.7. The fourth-order valence-electron chi connectivity index (χ4n) is 3.67. The number of nitrogens with one attached hydrogen (secondary N) is 1. The summed E-state index contributed by atoms with van der Waals surface area (Å²) < 4.78 is 0. The molecule has 0 unspecified atom stereocenters. The van der Waals surface area contributed by atoms with Crippen molar-refractivity contribution in [2.24, 2.45) is 0 Å². The summed E-state index contributed by atoms with van der Waals surface area (Å²) in [6, 6.07) is 23.1. The molecule has 0 saturated heterocycles. The number of para-hydroxylation sites is 1. The van der Waals surface area contributed by atoms with E-state index in [4.69, 9.17) is 9.97 Å². The van der Waals surface area contributed by atoms with Gasteiger partial charge in [0, 0.05) is 60.6 Å². The minimum atomic E-state index is -0.0793. The van der Waals surface area contributed by atoms with E-state index in [1.165, 1.54) is 0 Å². The molecule has 7 heteroatoms. The summed E-state index contributed by atoms with van der Waals surface area (Å²) in [4.78, 5) is 31.9. The molecule has 1 amide bonds. The van der Waals surface area contributed by atoms with Gasteiger partial charge in [-0.1, -0.05) is 24.3 Å². The summed E-state index contributed by atoms with van der Waals surface area (Å²) in [6.07, 6.45) is 6.71. The summed E-state index contributed by atoms with van der Waals surface area (Å²) in [5.74, 6) is 1.34. The summed E-state index contributed by atoms with van der Waals surface area (Å²) >= 11 is 0. The van der Waals surface area contributed by atoms with E-state index in [9.17, 15) is 4.79 Å². The number of carbonyl (C=O) groups excluding carboxylic acids is 1. The van der Waals surface area contributed by atoms with E-state index >= 15 is 0 Å². The third-order valence-electron chi connectivity index (χ3n) is 5.56. The molecular formula is C27H22N6O. The van der Waals surface area contributed by atoms with E-state index in [0.29, 0.717) is 17.9 Å². The maximum absolute atomic E-state index is 12.7. The minimum absolute atomic E-state index is 0.0793. The molecule has 34 heavy (non-hydrogen) atoms. The maximum atomic E-state index is 12.7. The van der Waals surface area contributed by atoms with E-state index in [1.54, 1.807) is 48.9 Å². The molecule has 0 aliphatic heterocycles. The van der Waals surface area contributed by atoms with Gasteiger partial charge in [0.15, 0.2) is 5.82 Å². The topological polar surface area (TPSA) is 83.9 Å². The molecule has 5 rings (SSSR count). The number of fused-ring (bicyclic) bond motifs is 1. The van der Waals surface area contributed by atoms with Crippen LogP contribution < -0.4 is 10.2 Å². The number of amides is 1. The lowest BCUT2D eigenvalue weighted by molar-refractivity contribution is 0.0993. The SMILES string of the molecule is CN(C(=O)c1ccncc1)c1ccc(CNc2nc(-c3ccncc3)nc3ccccc23)cc1. The van der Waals surface area contributed by atoms with Crippen molar-refractivity contribution in [3.05, 3.63) is 109 Å². The molecule has 0 fully saturated rings. The van der Waals surface area contributed by atoms with Gasteiger partial charge < -0.3 is 10.2 Å². The highest BCUT2D eigenvalue weighted by Gasteiger charge is 2.13. The Bertz CT molecular complexity index is 1420. The zero-order chi connectivity index (χ0) is 23.3. The van der Waals surface area contributed by atoms with Gasteiger partial charge in [0.05, 0.1) is 5.52 Å². The number of nitrogens with zero attached hydrogens (tertiary/aromatic N) is 5. The lowest BCUT2D eigenvalue weighted by Gasteiger charge is -2.18. The average Bonchev–Trinajstić information content (AvgIpc) is 2.92. The average molecular weight is 447 g/mol. The lowest BCUT2D eigenvalue weighted by atomic mass is 10.1. The molecule has 0 spiro atoms.